The van der Waals surface area contributed by atoms with Gasteiger partial charge in [0, 0.05) is 0 Å². The quantitative estimate of drug-likeness (QED) is 0.747. The molecule has 1 N–H and O–H groups in total. The molecule has 0 bridgehead atoms. The highest BCUT2D eigenvalue weighted by Crippen LogP contribution is 2.20. The van der Waals surface area contributed by atoms with Crippen LogP contribution in [-0.2, 0) is 6.61 Å². The molecule has 22 heavy (non-hydrogen) atoms. The van der Waals surface area contributed by atoms with Crippen LogP contribution in [0.25, 0.3) is 22.8 Å². The highest BCUT2D eigenvalue weighted by atomic mass is 16.3. The van der Waals surface area contributed by atoms with Gasteiger partial charge in [-0.25, -0.2) is 15.0 Å². The molecule has 0 aromatic carbocycles. The van der Waals surface area contributed by atoms with E-state index < -0.39 is 0 Å². The lowest BCUT2D eigenvalue weighted by molar-refractivity contribution is 0.111. The molecule has 0 fully saturated rings. The van der Waals surface area contributed by atoms with Crippen molar-refractivity contribution in [3.05, 3.63) is 66.0 Å². The molecule has 3 heterocycles. The Hall–Kier alpha value is -2.92. The Morgan fingerprint density at radius 1 is 0.773 bits per heavy atom. The van der Waals surface area contributed by atoms with Crippen molar-refractivity contribution >= 4 is 6.29 Å². The average molecular weight is 291 g/mol. The number of pyridine rings is 3. The number of nitrogens with zero attached hydrogens (tertiary/aromatic N) is 3. The Bertz CT molecular complexity index is 818. The summed E-state index contributed by atoms with van der Waals surface area (Å²) in [6.45, 7) is -0.115. The zero-order valence-electron chi connectivity index (χ0n) is 11.7. The number of rotatable bonds is 4. The zero-order valence-corrected chi connectivity index (χ0v) is 11.7. The topological polar surface area (TPSA) is 76.0 Å². The summed E-state index contributed by atoms with van der Waals surface area (Å²) >= 11 is 0. The van der Waals surface area contributed by atoms with Gasteiger partial charge in [-0.3, -0.25) is 4.79 Å². The molecular formula is C17H13N3O2. The van der Waals surface area contributed by atoms with Crippen LogP contribution >= 0.6 is 0 Å². The molecule has 5 heteroatoms. The van der Waals surface area contributed by atoms with E-state index in [0.29, 0.717) is 40.4 Å². The third-order valence-corrected chi connectivity index (χ3v) is 3.13. The lowest BCUT2D eigenvalue weighted by Crippen LogP contribution is -1.96. The number of aromatic nitrogens is 3. The second-order valence-electron chi connectivity index (χ2n) is 4.65. The Kier molecular flexibility index (Phi) is 3.98. The predicted molar refractivity (Wildman–Crippen MR) is 82.0 cm³/mol. The fourth-order valence-corrected chi connectivity index (χ4v) is 2.09. The van der Waals surface area contributed by atoms with Gasteiger partial charge >= 0.3 is 0 Å². The molecule has 0 atom stereocenters. The van der Waals surface area contributed by atoms with Crippen LogP contribution in [0, 0.1) is 0 Å². The summed E-state index contributed by atoms with van der Waals surface area (Å²) in [7, 11) is 0. The van der Waals surface area contributed by atoms with Crippen molar-refractivity contribution in [2.45, 2.75) is 6.61 Å². The van der Waals surface area contributed by atoms with E-state index in [4.69, 9.17) is 0 Å². The van der Waals surface area contributed by atoms with Crippen molar-refractivity contribution in [3.63, 3.8) is 0 Å². The molecule has 0 saturated heterocycles. The first-order valence-electron chi connectivity index (χ1n) is 6.77. The van der Waals surface area contributed by atoms with Crippen LogP contribution in [0.2, 0.25) is 0 Å². The highest BCUT2D eigenvalue weighted by Gasteiger charge is 2.06. The van der Waals surface area contributed by atoms with Gasteiger partial charge in [0.2, 0.25) is 0 Å². The van der Waals surface area contributed by atoms with Gasteiger partial charge in [0.1, 0.15) is 5.69 Å². The largest absolute Gasteiger partial charge is 0.390 e. The molecule has 0 unspecified atom stereocenters. The molecule has 0 aliphatic heterocycles. The summed E-state index contributed by atoms with van der Waals surface area (Å²) in [6.07, 6.45) is 0.708. The second kappa shape index (κ2) is 6.24. The Morgan fingerprint density at radius 3 is 1.95 bits per heavy atom. The molecule has 0 amide bonds. The molecule has 3 rings (SSSR count). The smallest absolute Gasteiger partial charge is 0.168 e. The number of aliphatic hydroxyl groups excluding tert-OH is 1. The van der Waals surface area contributed by atoms with Crippen LogP contribution in [0.15, 0.2) is 54.6 Å². The fourth-order valence-electron chi connectivity index (χ4n) is 2.09. The first-order valence-corrected chi connectivity index (χ1v) is 6.77. The van der Waals surface area contributed by atoms with E-state index in [-0.39, 0.29) is 6.61 Å². The number of carbonyl (C=O) groups excluding carboxylic acids is 1. The van der Waals surface area contributed by atoms with Gasteiger partial charge in [-0.1, -0.05) is 18.2 Å². The van der Waals surface area contributed by atoms with E-state index >= 15 is 0 Å². The minimum atomic E-state index is -0.115. The first kappa shape index (κ1) is 14.0. The fraction of sp³-hybridized carbons (Fsp3) is 0.0588. The Labute approximate surface area is 127 Å². The van der Waals surface area contributed by atoms with Crippen LogP contribution in [0.5, 0.6) is 0 Å². The molecule has 0 aliphatic carbocycles. The maximum atomic E-state index is 10.8. The van der Waals surface area contributed by atoms with Gasteiger partial charge in [0.15, 0.2) is 6.29 Å². The molecular weight excluding hydrogens is 278 g/mol. The normalized spacial score (nSPS) is 10.4. The maximum Gasteiger partial charge on any atom is 0.168 e. The monoisotopic (exact) mass is 291 g/mol. The van der Waals surface area contributed by atoms with Crippen molar-refractivity contribution in [1.29, 1.82) is 0 Å². The highest BCUT2D eigenvalue weighted by molar-refractivity contribution is 5.73. The van der Waals surface area contributed by atoms with E-state index in [1.807, 2.05) is 30.3 Å². The molecule has 3 aromatic rings. The van der Waals surface area contributed by atoms with E-state index in [1.54, 1.807) is 24.3 Å². The Balaban J connectivity index is 2.03. The second-order valence-corrected chi connectivity index (χ2v) is 4.65. The summed E-state index contributed by atoms with van der Waals surface area (Å²) in [4.78, 5) is 24.0. The molecule has 5 nitrogen and oxygen atoms in total. The Morgan fingerprint density at radius 2 is 1.32 bits per heavy atom. The zero-order chi connectivity index (χ0) is 15.4. The van der Waals surface area contributed by atoms with Gasteiger partial charge < -0.3 is 5.11 Å². The number of aldehydes is 1. The standard InChI is InChI=1S/C17H13N3O2/c21-10-12-4-1-6-14(18-12)16-8-3-9-17(20-16)15-7-2-5-13(11-22)19-15/h1-10,22H,11H2. The lowest BCUT2D eigenvalue weighted by Gasteiger charge is -2.05. The van der Waals surface area contributed by atoms with Crippen LogP contribution in [0.4, 0.5) is 0 Å². The van der Waals surface area contributed by atoms with E-state index in [0.717, 1.165) is 0 Å². The number of hydrogen-bond donors (Lipinski definition) is 1. The lowest BCUT2D eigenvalue weighted by atomic mass is 10.2. The van der Waals surface area contributed by atoms with Crippen LogP contribution in [-0.4, -0.2) is 26.3 Å². The number of aliphatic hydroxyl groups is 1. The van der Waals surface area contributed by atoms with Gasteiger partial charge in [0.25, 0.3) is 0 Å². The van der Waals surface area contributed by atoms with Crippen molar-refractivity contribution < 1.29 is 9.90 Å². The number of hydrogen-bond acceptors (Lipinski definition) is 5. The van der Waals surface area contributed by atoms with E-state index in [1.165, 1.54) is 0 Å². The van der Waals surface area contributed by atoms with E-state index in [9.17, 15) is 9.90 Å². The van der Waals surface area contributed by atoms with Gasteiger partial charge in [0.05, 0.1) is 35.1 Å². The van der Waals surface area contributed by atoms with Crippen molar-refractivity contribution in [1.82, 2.24) is 15.0 Å². The van der Waals surface area contributed by atoms with Crippen molar-refractivity contribution in [2.24, 2.45) is 0 Å². The molecule has 108 valence electrons. The number of carbonyl (C=O) groups is 1. The minimum absolute atomic E-state index is 0.115. The average Bonchev–Trinajstić information content (AvgIpc) is 2.62. The molecule has 0 saturated carbocycles. The summed E-state index contributed by atoms with van der Waals surface area (Å²) < 4.78 is 0. The molecule has 3 aromatic heterocycles. The third-order valence-electron chi connectivity index (χ3n) is 3.13. The van der Waals surface area contributed by atoms with Crippen molar-refractivity contribution in [2.75, 3.05) is 0 Å². The van der Waals surface area contributed by atoms with Crippen LogP contribution < -0.4 is 0 Å². The van der Waals surface area contributed by atoms with Crippen LogP contribution in [0.1, 0.15) is 16.2 Å². The summed E-state index contributed by atoms with van der Waals surface area (Å²) in [5.41, 5.74) is 3.61. The maximum absolute atomic E-state index is 10.8. The summed E-state index contributed by atoms with van der Waals surface area (Å²) in [6, 6.07) is 16.2. The minimum Gasteiger partial charge on any atom is -0.390 e. The SMILES string of the molecule is O=Cc1cccc(-c2cccc(-c3cccc(CO)n3)n2)n1. The van der Waals surface area contributed by atoms with Crippen molar-refractivity contribution in [3.8, 4) is 22.8 Å². The van der Waals surface area contributed by atoms with Crippen LogP contribution in [0.3, 0.4) is 0 Å². The van der Waals surface area contributed by atoms with E-state index in [2.05, 4.69) is 15.0 Å². The van der Waals surface area contributed by atoms with Gasteiger partial charge in [-0.2, -0.15) is 0 Å². The van der Waals surface area contributed by atoms with Gasteiger partial charge in [-0.05, 0) is 36.4 Å². The first-order chi connectivity index (χ1) is 10.8. The predicted octanol–water partition coefficient (Wildman–Crippen LogP) is 2.51. The molecule has 0 aliphatic rings. The molecule has 0 spiro atoms. The third kappa shape index (κ3) is 2.89. The summed E-state index contributed by atoms with van der Waals surface area (Å²) in [5, 5.41) is 9.17. The van der Waals surface area contributed by atoms with Gasteiger partial charge in [-0.15, -0.1) is 0 Å². The molecule has 0 radical (unpaired) electrons. The summed E-state index contributed by atoms with van der Waals surface area (Å²) in [5.74, 6) is 0.